The van der Waals surface area contributed by atoms with E-state index in [4.69, 9.17) is 4.74 Å². The minimum atomic E-state index is -4.46. The van der Waals surface area contributed by atoms with E-state index in [0.29, 0.717) is 12.2 Å². The van der Waals surface area contributed by atoms with Crippen molar-refractivity contribution in [2.45, 2.75) is 32.7 Å². The standard InChI is InChI=1S/C16H18F3N3O2/c1-11(2)24-10-15(23)20-9-12-3-5-13(6-4-12)22-8-7-14(21-22)16(17,18)19/h3-8,11H,9-10H2,1-2H3,(H,20,23). The molecule has 0 aliphatic carbocycles. The number of aromatic nitrogens is 2. The Labute approximate surface area is 137 Å². The van der Waals surface area contributed by atoms with Gasteiger partial charge in [0.05, 0.1) is 11.8 Å². The van der Waals surface area contributed by atoms with E-state index in [0.717, 1.165) is 16.3 Å². The summed E-state index contributed by atoms with van der Waals surface area (Å²) < 4.78 is 44.0. The summed E-state index contributed by atoms with van der Waals surface area (Å²) in [4.78, 5) is 11.5. The zero-order valence-electron chi connectivity index (χ0n) is 13.3. The molecule has 5 nitrogen and oxygen atoms in total. The van der Waals surface area contributed by atoms with Crippen molar-refractivity contribution in [2.75, 3.05) is 6.61 Å². The number of nitrogens with zero attached hydrogens (tertiary/aromatic N) is 2. The number of amides is 1. The molecule has 0 aliphatic rings. The van der Waals surface area contributed by atoms with Gasteiger partial charge in [-0.3, -0.25) is 4.79 Å². The minimum Gasteiger partial charge on any atom is -0.369 e. The Balaban J connectivity index is 1.93. The van der Waals surface area contributed by atoms with Gasteiger partial charge in [0, 0.05) is 12.7 Å². The molecule has 1 aromatic heterocycles. The van der Waals surface area contributed by atoms with E-state index in [1.807, 2.05) is 13.8 Å². The topological polar surface area (TPSA) is 56.1 Å². The molecule has 8 heteroatoms. The Morgan fingerprint density at radius 2 is 1.92 bits per heavy atom. The molecule has 0 spiro atoms. The first-order valence-corrected chi connectivity index (χ1v) is 7.36. The second-order valence-electron chi connectivity index (χ2n) is 5.45. The molecular formula is C16H18F3N3O2. The zero-order chi connectivity index (χ0) is 17.7. The number of carbonyl (C=O) groups is 1. The summed E-state index contributed by atoms with van der Waals surface area (Å²) >= 11 is 0. The average Bonchev–Trinajstić information content (AvgIpc) is 3.01. The normalized spacial score (nSPS) is 11.8. The first-order chi connectivity index (χ1) is 11.3. The predicted molar refractivity (Wildman–Crippen MR) is 81.5 cm³/mol. The number of rotatable bonds is 6. The largest absolute Gasteiger partial charge is 0.435 e. The molecule has 2 aromatic rings. The first-order valence-electron chi connectivity index (χ1n) is 7.36. The third-order valence-corrected chi connectivity index (χ3v) is 3.12. The van der Waals surface area contributed by atoms with Crippen LogP contribution in [0, 0.1) is 0 Å². The molecule has 0 saturated heterocycles. The summed E-state index contributed by atoms with van der Waals surface area (Å²) in [6.07, 6.45) is -3.23. The number of nitrogens with one attached hydrogen (secondary N) is 1. The summed E-state index contributed by atoms with van der Waals surface area (Å²) in [6.45, 7) is 3.98. The molecular weight excluding hydrogens is 323 g/mol. The molecule has 0 saturated carbocycles. The van der Waals surface area contributed by atoms with E-state index in [-0.39, 0.29) is 18.6 Å². The summed E-state index contributed by atoms with van der Waals surface area (Å²) in [7, 11) is 0. The Morgan fingerprint density at radius 1 is 1.25 bits per heavy atom. The van der Waals surface area contributed by atoms with E-state index in [2.05, 4.69) is 10.4 Å². The SMILES string of the molecule is CC(C)OCC(=O)NCc1ccc(-n2ccc(C(F)(F)F)n2)cc1. The van der Waals surface area contributed by atoms with Gasteiger partial charge in [-0.1, -0.05) is 12.1 Å². The van der Waals surface area contributed by atoms with Gasteiger partial charge in [0.15, 0.2) is 5.69 Å². The Hall–Kier alpha value is -2.35. The Kier molecular flexibility index (Phi) is 5.61. The van der Waals surface area contributed by atoms with Crippen molar-refractivity contribution in [3.8, 4) is 5.69 Å². The van der Waals surface area contributed by atoms with E-state index in [1.165, 1.54) is 6.20 Å². The van der Waals surface area contributed by atoms with Gasteiger partial charge in [-0.05, 0) is 37.6 Å². The summed E-state index contributed by atoms with van der Waals surface area (Å²) in [6, 6.07) is 7.63. The Bertz CT molecular complexity index is 679. The lowest BCUT2D eigenvalue weighted by Crippen LogP contribution is -2.28. The van der Waals surface area contributed by atoms with E-state index in [1.54, 1.807) is 24.3 Å². The van der Waals surface area contributed by atoms with Crippen LogP contribution in [0.15, 0.2) is 36.5 Å². The number of alkyl halides is 3. The summed E-state index contributed by atoms with van der Waals surface area (Å²) in [5.41, 5.74) is 0.382. The fraction of sp³-hybridized carbons (Fsp3) is 0.375. The fourth-order valence-corrected chi connectivity index (χ4v) is 1.88. The number of hydrogen-bond acceptors (Lipinski definition) is 3. The van der Waals surface area contributed by atoms with E-state index in [9.17, 15) is 18.0 Å². The van der Waals surface area contributed by atoms with Crippen molar-refractivity contribution in [1.29, 1.82) is 0 Å². The quantitative estimate of drug-likeness (QED) is 0.879. The van der Waals surface area contributed by atoms with Gasteiger partial charge in [-0.2, -0.15) is 18.3 Å². The molecule has 0 unspecified atom stereocenters. The summed E-state index contributed by atoms with van der Waals surface area (Å²) in [5, 5.41) is 6.20. The molecule has 0 fully saturated rings. The Morgan fingerprint density at radius 3 is 2.46 bits per heavy atom. The highest BCUT2D eigenvalue weighted by molar-refractivity contribution is 5.77. The molecule has 0 atom stereocenters. The van der Waals surface area contributed by atoms with Crippen molar-refractivity contribution in [2.24, 2.45) is 0 Å². The average molecular weight is 341 g/mol. The van der Waals surface area contributed by atoms with Crippen molar-refractivity contribution in [3.05, 3.63) is 47.8 Å². The molecule has 0 radical (unpaired) electrons. The number of benzene rings is 1. The maximum absolute atomic E-state index is 12.5. The monoisotopic (exact) mass is 341 g/mol. The molecule has 2 rings (SSSR count). The molecule has 1 amide bonds. The van der Waals surface area contributed by atoms with Crippen molar-refractivity contribution < 1.29 is 22.7 Å². The number of ether oxygens (including phenoxy) is 1. The lowest BCUT2D eigenvalue weighted by molar-refractivity contribution is -0.141. The van der Waals surface area contributed by atoms with Gasteiger partial charge in [0.2, 0.25) is 5.91 Å². The smallest absolute Gasteiger partial charge is 0.369 e. The van der Waals surface area contributed by atoms with Crippen molar-refractivity contribution in [3.63, 3.8) is 0 Å². The van der Waals surface area contributed by atoms with Crippen LogP contribution in [-0.2, 0) is 22.3 Å². The van der Waals surface area contributed by atoms with E-state index >= 15 is 0 Å². The second-order valence-corrected chi connectivity index (χ2v) is 5.45. The van der Waals surface area contributed by atoms with Crippen LogP contribution in [0.4, 0.5) is 13.2 Å². The number of halogens is 3. The highest BCUT2D eigenvalue weighted by Gasteiger charge is 2.33. The van der Waals surface area contributed by atoms with Gasteiger partial charge in [0.25, 0.3) is 0 Å². The summed E-state index contributed by atoms with van der Waals surface area (Å²) in [5.74, 6) is -0.227. The van der Waals surface area contributed by atoms with Crippen LogP contribution in [0.5, 0.6) is 0 Å². The van der Waals surface area contributed by atoms with Crippen LogP contribution >= 0.6 is 0 Å². The lowest BCUT2D eigenvalue weighted by atomic mass is 10.2. The molecule has 0 aliphatic heterocycles. The highest BCUT2D eigenvalue weighted by Crippen LogP contribution is 2.27. The van der Waals surface area contributed by atoms with Gasteiger partial charge in [0.1, 0.15) is 6.61 Å². The maximum atomic E-state index is 12.5. The van der Waals surface area contributed by atoms with Crippen LogP contribution in [0.1, 0.15) is 25.1 Å². The van der Waals surface area contributed by atoms with Gasteiger partial charge >= 0.3 is 6.18 Å². The first kappa shape index (κ1) is 18.0. The molecule has 24 heavy (non-hydrogen) atoms. The maximum Gasteiger partial charge on any atom is 0.435 e. The molecule has 1 N–H and O–H groups in total. The molecule has 1 aromatic carbocycles. The van der Waals surface area contributed by atoms with Crippen LogP contribution < -0.4 is 5.32 Å². The van der Waals surface area contributed by atoms with Crippen molar-refractivity contribution >= 4 is 5.91 Å². The lowest BCUT2D eigenvalue weighted by Gasteiger charge is -2.09. The van der Waals surface area contributed by atoms with Crippen LogP contribution in [0.2, 0.25) is 0 Å². The predicted octanol–water partition coefficient (Wildman–Crippen LogP) is 2.93. The highest BCUT2D eigenvalue weighted by atomic mass is 19.4. The third kappa shape index (κ3) is 5.09. The third-order valence-electron chi connectivity index (χ3n) is 3.12. The van der Waals surface area contributed by atoms with Crippen LogP contribution in [0.25, 0.3) is 5.69 Å². The number of hydrogen-bond donors (Lipinski definition) is 1. The van der Waals surface area contributed by atoms with Crippen molar-refractivity contribution in [1.82, 2.24) is 15.1 Å². The van der Waals surface area contributed by atoms with Crippen LogP contribution in [-0.4, -0.2) is 28.4 Å². The second kappa shape index (κ2) is 7.48. The van der Waals surface area contributed by atoms with Gasteiger partial charge in [-0.25, -0.2) is 4.68 Å². The van der Waals surface area contributed by atoms with Gasteiger partial charge < -0.3 is 10.1 Å². The minimum absolute atomic E-state index is 0.0107. The molecule has 1 heterocycles. The van der Waals surface area contributed by atoms with E-state index < -0.39 is 11.9 Å². The fourth-order valence-electron chi connectivity index (χ4n) is 1.88. The zero-order valence-corrected chi connectivity index (χ0v) is 13.3. The molecule has 130 valence electrons. The van der Waals surface area contributed by atoms with Gasteiger partial charge in [-0.15, -0.1) is 0 Å². The van der Waals surface area contributed by atoms with Crippen LogP contribution in [0.3, 0.4) is 0 Å². The number of carbonyl (C=O) groups excluding carboxylic acids is 1. The molecule has 0 bridgehead atoms.